The first-order valence-electron chi connectivity index (χ1n) is 6.02. The van der Waals surface area contributed by atoms with Crippen LogP contribution < -0.4 is 4.74 Å². The highest BCUT2D eigenvalue weighted by molar-refractivity contribution is 5.93. The van der Waals surface area contributed by atoms with Crippen molar-refractivity contribution in [2.45, 2.75) is 19.6 Å². The Kier molecular flexibility index (Phi) is 3.99. The molecule has 106 valence electrons. The van der Waals surface area contributed by atoms with Crippen LogP contribution in [0.15, 0.2) is 24.3 Å². The first-order valence-corrected chi connectivity index (χ1v) is 6.02. The van der Waals surface area contributed by atoms with Crippen molar-refractivity contribution in [2.24, 2.45) is 0 Å². The van der Waals surface area contributed by atoms with Crippen molar-refractivity contribution in [3.63, 3.8) is 0 Å². The van der Waals surface area contributed by atoms with E-state index in [1.54, 1.807) is 31.2 Å². The Hall–Kier alpha value is -2.41. The van der Waals surface area contributed by atoms with Gasteiger partial charge in [0.1, 0.15) is 11.4 Å². The first-order chi connectivity index (χ1) is 9.54. The van der Waals surface area contributed by atoms with Crippen molar-refractivity contribution in [2.75, 3.05) is 7.11 Å². The fraction of sp³-hybridized carbons (Fsp3) is 0.308. The topological polar surface area (TPSA) is 97.5 Å². The van der Waals surface area contributed by atoms with E-state index in [1.165, 1.54) is 11.8 Å². The Labute approximate surface area is 115 Å². The Morgan fingerprint density at radius 1 is 1.45 bits per heavy atom. The highest BCUT2D eigenvalue weighted by Gasteiger charge is 2.23. The number of benzene rings is 1. The third kappa shape index (κ3) is 2.62. The number of hydrogen-bond acceptors (Lipinski definition) is 5. The molecule has 1 unspecified atom stereocenters. The summed E-state index contributed by atoms with van der Waals surface area (Å²) in [5, 5.41) is 26.2. The minimum atomic E-state index is -1.18. The zero-order valence-corrected chi connectivity index (χ0v) is 11.1. The van der Waals surface area contributed by atoms with E-state index in [-0.39, 0.29) is 12.2 Å². The van der Waals surface area contributed by atoms with Crippen LogP contribution in [0.25, 0.3) is 11.3 Å². The molecule has 1 heterocycles. The van der Waals surface area contributed by atoms with Crippen molar-refractivity contribution in [3.05, 3.63) is 30.0 Å². The van der Waals surface area contributed by atoms with Crippen LogP contribution in [-0.2, 0) is 6.54 Å². The lowest BCUT2D eigenvalue weighted by atomic mass is 10.1. The summed E-state index contributed by atoms with van der Waals surface area (Å²) in [6.07, 6.45) is -0.674. The van der Waals surface area contributed by atoms with Crippen LogP contribution in [0.3, 0.4) is 0 Å². The van der Waals surface area contributed by atoms with E-state index >= 15 is 0 Å². The van der Waals surface area contributed by atoms with Gasteiger partial charge in [-0.15, -0.1) is 5.10 Å². The monoisotopic (exact) mass is 277 g/mol. The van der Waals surface area contributed by atoms with Crippen LogP contribution in [0.5, 0.6) is 5.75 Å². The molecule has 1 atom stereocenters. The molecule has 0 spiro atoms. The van der Waals surface area contributed by atoms with E-state index in [9.17, 15) is 15.0 Å². The molecule has 2 rings (SSSR count). The van der Waals surface area contributed by atoms with E-state index in [4.69, 9.17) is 4.74 Å². The summed E-state index contributed by atoms with van der Waals surface area (Å²) >= 11 is 0. The zero-order chi connectivity index (χ0) is 14.7. The molecule has 2 aromatic rings. The average molecular weight is 277 g/mol. The molecule has 1 aromatic carbocycles. The lowest BCUT2D eigenvalue weighted by Gasteiger charge is -2.12. The fourth-order valence-corrected chi connectivity index (χ4v) is 1.94. The zero-order valence-electron chi connectivity index (χ0n) is 11.1. The van der Waals surface area contributed by atoms with Gasteiger partial charge in [0.05, 0.1) is 19.8 Å². The molecular weight excluding hydrogens is 262 g/mol. The Morgan fingerprint density at radius 2 is 2.15 bits per heavy atom. The summed E-state index contributed by atoms with van der Waals surface area (Å²) in [5.74, 6) is -0.660. The number of carboxylic acids is 1. The van der Waals surface area contributed by atoms with Gasteiger partial charge in [0.25, 0.3) is 0 Å². The second-order valence-corrected chi connectivity index (χ2v) is 4.32. The van der Waals surface area contributed by atoms with E-state index < -0.39 is 12.1 Å². The molecule has 0 aliphatic heterocycles. The minimum absolute atomic E-state index is 0.146. The van der Waals surface area contributed by atoms with Crippen molar-refractivity contribution >= 4 is 5.97 Å². The van der Waals surface area contributed by atoms with Gasteiger partial charge in [-0.3, -0.25) is 0 Å². The molecule has 20 heavy (non-hydrogen) atoms. The lowest BCUT2D eigenvalue weighted by Crippen LogP contribution is -2.14. The Bertz CT molecular complexity index is 622. The second-order valence-electron chi connectivity index (χ2n) is 4.32. The van der Waals surface area contributed by atoms with Crippen molar-refractivity contribution < 1.29 is 19.7 Å². The summed E-state index contributed by atoms with van der Waals surface area (Å²) in [6.45, 7) is 1.74. The van der Waals surface area contributed by atoms with Crippen LogP contribution >= 0.6 is 0 Å². The Balaban J connectivity index is 2.63. The third-order valence-electron chi connectivity index (χ3n) is 2.74. The maximum Gasteiger partial charge on any atom is 0.358 e. The molecule has 0 radical (unpaired) electrons. The van der Waals surface area contributed by atoms with E-state index in [2.05, 4.69) is 10.3 Å². The molecule has 2 N–H and O–H groups in total. The van der Waals surface area contributed by atoms with Gasteiger partial charge in [-0.05, 0) is 19.1 Å². The Morgan fingerprint density at radius 3 is 2.75 bits per heavy atom. The smallest absolute Gasteiger partial charge is 0.358 e. The molecule has 7 nitrogen and oxygen atoms in total. The van der Waals surface area contributed by atoms with Crippen molar-refractivity contribution in [1.82, 2.24) is 15.0 Å². The number of hydrogen-bond donors (Lipinski definition) is 2. The molecule has 0 aliphatic rings. The van der Waals surface area contributed by atoms with E-state index in [0.717, 1.165) is 0 Å². The quantitative estimate of drug-likeness (QED) is 0.847. The molecule has 0 fully saturated rings. The highest BCUT2D eigenvalue weighted by atomic mass is 16.5. The maximum atomic E-state index is 11.3. The molecular formula is C13H15N3O4. The number of ether oxygens (including phenoxy) is 1. The number of para-hydroxylation sites is 1. The lowest BCUT2D eigenvalue weighted by molar-refractivity contribution is 0.0691. The van der Waals surface area contributed by atoms with Gasteiger partial charge in [-0.2, -0.15) is 0 Å². The summed E-state index contributed by atoms with van der Waals surface area (Å²) in [7, 11) is 1.50. The van der Waals surface area contributed by atoms with Crippen molar-refractivity contribution in [1.29, 1.82) is 0 Å². The molecule has 0 amide bonds. The van der Waals surface area contributed by atoms with Crippen molar-refractivity contribution in [3.8, 4) is 17.0 Å². The largest absolute Gasteiger partial charge is 0.496 e. The van der Waals surface area contributed by atoms with Gasteiger partial charge >= 0.3 is 5.97 Å². The number of aromatic nitrogens is 3. The van der Waals surface area contributed by atoms with Gasteiger partial charge in [-0.1, -0.05) is 17.3 Å². The minimum Gasteiger partial charge on any atom is -0.496 e. The number of aliphatic hydroxyl groups is 1. The average Bonchev–Trinajstić information content (AvgIpc) is 2.81. The molecule has 7 heteroatoms. The molecule has 0 saturated carbocycles. The van der Waals surface area contributed by atoms with Crippen LogP contribution in [0.2, 0.25) is 0 Å². The number of carbonyl (C=O) groups is 1. The number of carboxylic acid groups (broad SMARTS) is 1. The summed E-state index contributed by atoms with van der Waals surface area (Å²) in [4.78, 5) is 11.3. The second kappa shape index (κ2) is 5.70. The van der Waals surface area contributed by atoms with Gasteiger partial charge in [0, 0.05) is 5.56 Å². The van der Waals surface area contributed by atoms with E-state index in [0.29, 0.717) is 17.0 Å². The number of aliphatic hydroxyl groups excluding tert-OH is 1. The number of methoxy groups -OCH3 is 1. The third-order valence-corrected chi connectivity index (χ3v) is 2.74. The normalized spacial score (nSPS) is 12.2. The fourth-order valence-electron chi connectivity index (χ4n) is 1.94. The standard InChI is InChI=1S/C13H15N3O4/c1-8(17)7-16-12(11(13(18)19)14-15-16)9-5-3-4-6-10(9)20-2/h3-6,8,17H,7H2,1-2H3,(H,18,19). The number of rotatable bonds is 5. The van der Waals surface area contributed by atoms with Gasteiger partial charge in [-0.25, -0.2) is 9.48 Å². The maximum absolute atomic E-state index is 11.3. The summed E-state index contributed by atoms with van der Waals surface area (Å²) in [6, 6.07) is 7.00. The first kappa shape index (κ1) is 14.0. The molecule has 0 aliphatic carbocycles. The van der Waals surface area contributed by atoms with Gasteiger partial charge in [0.2, 0.25) is 0 Å². The molecule has 1 aromatic heterocycles. The van der Waals surface area contributed by atoms with Gasteiger partial charge < -0.3 is 14.9 Å². The predicted molar refractivity (Wildman–Crippen MR) is 70.7 cm³/mol. The van der Waals surface area contributed by atoms with Gasteiger partial charge in [0.15, 0.2) is 5.69 Å². The number of aromatic carboxylic acids is 1. The van der Waals surface area contributed by atoms with Crippen LogP contribution in [0, 0.1) is 0 Å². The molecule has 0 bridgehead atoms. The molecule has 0 saturated heterocycles. The van der Waals surface area contributed by atoms with Crippen LogP contribution in [0.4, 0.5) is 0 Å². The van der Waals surface area contributed by atoms with E-state index in [1.807, 2.05) is 0 Å². The van der Waals surface area contributed by atoms with Crippen LogP contribution in [0.1, 0.15) is 17.4 Å². The SMILES string of the molecule is COc1ccccc1-c1c(C(=O)O)nnn1CC(C)O. The number of nitrogens with zero attached hydrogens (tertiary/aromatic N) is 3. The van der Waals surface area contributed by atoms with Crippen LogP contribution in [-0.4, -0.2) is 44.4 Å². The predicted octanol–water partition coefficient (Wildman–Crippen LogP) is 1.03. The highest BCUT2D eigenvalue weighted by Crippen LogP contribution is 2.31. The summed E-state index contributed by atoms with van der Waals surface area (Å²) < 4.78 is 6.61. The summed E-state index contributed by atoms with van der Waals surface area (Å²) in [5.41, 5.74) is 0.712.